The molecule has 1 atom stereocenters. The Balaban J connectivity index is 2.07. The summed E-state index contributed by atoms with van der Waals surface area (Å²) in [6.07, 6.45) is 0. The standard InChI is InChI=1S/C17H20FN3O3S/c1-12(21(2)13-6-4-3-5-7-13)11-20-17(22)15-10-14(25(19,23)24)8-9-16(15)18/h3-10,12H,11H2,1-2H3,(H,20,22)(H2,19,23,24)/t12-/m1/s1. The molecule has 2 rings (SSSR count). The molecule has 0 saturated heterocycles. The minimum absolute atomic E-state index is 0.0594. The third kappa shape index (κ3) is 4.77. The van der Waals surface area contributed by atoms with Crippen LogP contribution < -0.4 is 15.4 Å². The van der Waals surface area contributed by atoms with Gasteiger partial charge in [0.25, 0.3) is 5.91 Å². The zero-order valence-electron chi connectivity index (χ0n) is 13.9. The van der Waals surface area contributed by atoms with Crippen molar-refractivity contribution >= 4 is 21.6 Å². The lowest BCUT2D eigenvalue weighted by atomic mass is 10.2. The number of primary sulfonamides is 1. The molecule has 2 aromatic rings. The second kappa shape index (κ2) is 7.62. The van der Waals surface area contributed by atoms with Crippen LogP contribution in [0.15, 0.2) is 53.4 Å². The number of nitrogens with two attached hydrogens (primary N) is 1. The van der Waals surface area contributed by atoms with E-state index in [1.807, 2.05) is 49.2 Å². The number of nitrogens with one attached hydrogen (secondary N) is 1. The van der Waals surface area contributed by atoms with Crippen LogP contribution in [0.5, 0.6) is 0 Å². The van der Waals surface area contributed by atoms with Crippen LogP contribution in [0.25, 0.3) is 0 Å². The highest BCUT2D eigenvalue weighted by molar-refractivity contribution is 7.89. The molecular weight excluding hydrogens is 345 g/mol. The van der Waals surface area contributed by atoms with Gasteiger partial charge in [0.2, 0.25) is 10.0 Å². The molecule has 134 valence electrons. The first-order valence-electron chi connectivity index (χ1n) is 7.58. The van der Waals surface area contributed by atoms with E-state index in [0.29, 0.717) is 0 Å². The van der Waals surface area contributed by atoms with Crippen LogP contribution in [0.4, 0.5) is 10.1 Å². The van der Waals surface area contributed by atoms with Crippen molar-refractivity contribution in [3.8, 4) is 0 Å². The van der Waals surface area contributed by atoms with Gasteiger partial charge in [-0.3, -0.25) is 4.79 Å². The van der Waals surface area contributed by atoms with Gasteiger partial charge in [0, 0.05) is 25.3 Å². The number of carbonyl (C=O) groups is 1. The van der Waals surface area contributed by atoms with E-state index in [0.717, 1.165) is 23.9 Å². The summed E-state index contributed by atoms with van der Waals surface area (Å²) in [4.78, 5) is 13.9. The number of sulfonamides is 1. The molecule has 0 fully saturated rings. The van der Waals surface area contributed by atoms with E-state index in [1.165, 1.54) is 0 Å². The first-order chi connectivity index (χ1) is 11.7. The molecule has 1 amide bonds. The fourth-order valence-corrected chi connectivity index (χ4v) is 2.79. The third-order valence-electron chi connectivity index (χ3n) is 3.89. The molecule has 6 nitrogen and oxygen atoms in total. The molecule has 0 unspecified atom stereocenters. The Morgan fingerprint density at radius 3 is 2.48 bits per heavy atom. The molecule has 2 aromatic carbocycles. The smallest absolute Gasteiger partial charge is 0.254 e. The van der Waals surface area contributed by atoms with Gasteiger partial charge in [-0.05, 0) is 37.3 Å². The van der Waals surface area contributed by atoms with Gasteiger partial charge in [-0.1, -0.05) is 18.2 Å². The van der Waals surface area contributed by atoms with Crippen LogP contribution in [0.1, 0.15) is 17.3 Å². The van der Waals surface area contributed by atoms with E-state index >= 15 is 0 Å². The number of halogens is 1. The lowest BCUT2D eigenvalue weighted by Gasteiger charge is -2.27. The highest BCUT2D eigenvalue weighted by atomic mass is 32.2. The van der Waals surface area contributed by atoms with Crippen molar-refractivity contribution in [3.63, 3.8) is 0 Å². The maximum Gasteiger partial charge on any atom is 0.254 e. The number of amides is 1. The molecule has 25 heavy (non-hydrogen) atoms. The molecule has 0 aliphatic heterocycles. The van der Waals surface area contributed by atoms with Gasteiger partial charge in [-0.15, -0.1) is 0 Å². The van der Waals surface area contributed by atoms with Gasteiger partial charge in [0.05, 0.1) is 10.5 Å². The number of anilines is 1. The van der Waals surface area contributed by atoms with Crippen molar-refractivity contribution < 1.29 is 17.6 Å². The molecular formula is C17H20FN3O3S. The molecule has 0 saturated carbocycles. The van der Waals surface area contributed by atoms with E-state index in [4.69, 9.17) is 5.14 Å². The lowest BCUT2D eigenvalue weighted by Crippen LogP contribution is -2.40. The summed E-state index contributed by atoms with van der Waals surface area (Å²) in [5.74, 6) is -1.51. The van der Waals surface area contributed by atoms with Crippen LogP contribution in [0.3, 0.4) is 0 Å². The summed E-state index contributed by atoms with van der Waals surface area (Å²) in [6, 6.07) is 12.4. The molecule has 0 spiro atoms. The molecule has 3 N–H and O–H groups in total. The predicted molar refractivity (Wildman–Crippen MR) is 94.4 cm³/mol. The average molecular weight is 365 g/mol. The molecule has 0 radical (unpaired) electrons. The first kappa shape index (κ1) is 18.9. The number of benzene rings is 2. The molecule has 0 aliphatic rings. The van der Waals surface area contributed by atoms with Gasteiger partial charge in [0.1, 0.15) is 5.82 Å². The number of likely N-dealkylation sites (N-methyl/N-ethyl adjacent to an activating group) is 1. The Bertz CT molecular complexity index is 857. The molecule has 8 heteroatoms. The fraction of sp³-hybridized carbons (Fsp3) is 0.235. The zero-order chi connectivity index (χ0) is 18.6. The number of hydrogen-bond donors (Lipinski definition) is 2. The van der Waals surface area contributed by atoms with Gasteiger partial charge in [0.15, 0.2) is 0 Å². The third-order valence-corrected chi connectivity index (χ3v) is 4.80. The SMILES string of the molecule is C[C@H](CNC(=O)c1cc(S(N)(=O)=O)ccc1F)N(C)c1ccccc1. The highest BCUT2D eigenvalue weighted by Gasteiger charge is 2.18. The van der Waals surface area contributed by atoms with E-state index in [2.05, 4.69) is 5.32 Å². The quantitative estimate of drug-likeness (QED) is 0.815. The molecule has 0 heterocycles. The Morgan fingerprint density at radius 2 is 1.88 bits per heavy atom. The van der Waals surface area contributed by atoms with Gasteiger partial charge in [-0.2, -0.15) is 0 Å². The predicted octanol–water partition coefficient (Wildman–Crippen LogP) is 1.73. The summed E-state index contributed by atoms with van der Waals surface area (Å²) >= 11 is 0. The van der Waals surface area contributed by atoms with E-state index in [1.54, 1.807) is 0 Å². The Hall–Kier alpha value is -2.45. The van der Waals surface area contributed by atoms with E-state index in [9.17, 15) is 17.6 Å². The monoisotopic (exact) mass is 365 g/mol. The highest BCUT2D eigenvalue weighted by Crippen LogP contribution is 2.15. The van der Waals surface area contributed by atoms with E-state index < -0.39 is 21.7 Å². The van der Waals surface area contributed by atoms with Crippen LogP contribution in [0, 0.1) is 5.82 Å². The minimum Gasteiger partial charge on any atom is -0.370 e. The number of carbonyl (C=O) groups excluding carboxylic acids is 1. The number of nitrogens with zero attached hydrogens (tertiary/aromatic N) is 1. The van der Waals surface area contributed by atoms with Crippen LogP contribution in [0.2, 0.25) is 0 Å². The van der Waals surface area contributed by atoms with Crippen molar-refractivity contribution in [3.05, 3.63) is 59.9 Å². The Kier molecular flexibility index (Phi) is 5.76. The molecule has 0 bridgehead atoms. The number of rotatable bonds is 6. The van der Waals surface area contributed by atoms with Crippen molar-refractivity contribution in [1.29, 1.82) is 0 Å². The summed E-state index contributed by atoms with van der Waals surface area (Å²) in [7, 11) is -2.13. The maximum atomic E-state index is 13.8. The average Bonchev–Trinajstić information content (AvgIpc) is 2.58. The summed E-state index contributed by atoms with van der Waals surface area (Å²) in [5, 5.41) is 7.63. The normalized spacial score (nSPS) is 12.5. The van der Waals surface area contributed by atoms with Crippen molar-refractivity contribution in [2.24, 2.45) is 5.14 Å². The topological polar surface area (TPSA) is 92.5 Å². The van der Waals surface area contributed by atoms with E-state index in [-0.39, 0.29) is 23.0 Å². The molecule has 0 aromatic heterocycles. The largest absolute Gasteiger partial charge is 0.370 e. The fourth-order valence-electron chi connectivity index (χ4n) is 2.25. The van der Waals surface area contributed by atoms with Crippen molar-refractivity contribution in [2.45, 2.75) is 17.9 Å². The summed E-state index contributed by atoms with van der Waals surface area (Å²) in [5.41, 5.74) is 0.618. The zero-order valence-corrected chi connectivity index (χ0v) is 14.8. The summed E-state index contributed by atoms with van der Waals surface area (Å²) in [6.45, 7) is 2.16. The lowest BCUT2D eigenvalue weighted by molar-refractivity contribution is 0.0947. The minimum atomic E-state index is -4.01. The summed E-state index contributed by atoms with van der Waals surface area (Å²) < 4.78 is 36.5. The number of para-hydroxylation sites is 1. The van der Waals surface area contributed by atoms with Crippen LogP contribution >= 0.6 is 0 Å². The molecule has 0 aliphatic carbocycles. The Labute approximate surface area is 146 Å². The van der Waals surface area contributed by atoms with Crippen LogP contribution in [-0.4, -0.2) is 34.0 Å². The van der Waals surface area contributed by atoms with Gasteiger partial charge >= 0.3 is 0 Å². The number of hydrogen-bond acceptors (Lipinski definition) is 4. The maximum absolute atomic E-state index is 13.8. The van der Waals surface area contributed by atoms with Gasteiger partial charge in [-0.25, -0.2) is 17.9 Å². The van der Waals surface area contributed by atoms with Crippen LogP contribution in [-0.2, 0) is 10.0 Å². The second-order valence-electron chi connectivity index (χ2n) is 5.69. The van der Waals surface area contributed by atoms with Crippen molar-refractivity contribution in [1.82, 2.24) is 5.32 Å². The van der Waals surface area contributed by atoms with Crippen molar-refractivity contribution in [2.75, 3.05) is 18.5 Å². The Morgan fingerprint density at radius 1 is 1.24 bits per heavy atom. The van der Waals surface area contributed by atoms with Gasteiger partial charge < -0.3 is 10.2 Å². The first-order valence-corrected chi connectivity index (χ1v) is 9.13. The second-order valence-corrected chi connectivity index (χ2v) is 7.25.